The predicted molar refractivity (Wildman–Crippen MR) is 84.0 cm³/mol. The van der Waals surface area contributed by atoms with Crippen molar-refractivity contribution in [2.75, 3.05) is 5.32 Å². The van der Waals surface area contributed by atoms with Crippen LogP contribution in [0.3, 0.4) is 0 Å². The Morgan fingerprint density at radius 1 is 0.957 bits per heavy atom. The van der Waals surface area contributed by atoms with E-state index in [1.54, 1.807) is 13.8 Å². The van der Waals surface area contributed by atoms with E-state index in [0.717, 1.165) is 11.6 Å². The van der Waals surface area contributed by atoms with Gasteiger partial charge in [-0.2, -0.15) is 13.2 Å². The molecule has 2 nitrogen and oxygen atoms in total. The van der Waals surface area contributed by atoms with Gasteiger partial charge in [-0.1, -0.05) is 56.3 Å². The highest BCUT2D eigenvalue weighted by molar-refractivity contribution is 5.95. The summed E-state index contributed by atoms with van der Waals surface area (Å²) in [7, 11) is 0. The van der Waals surface area contributed by atoms with E-state index < -0.39 is 23.1 Å². The van der Waals surface area contributed by atoms with Gasteiger partial charge in [-0.15, -0.1) is 0 Å². The predicted octanol–water partition coefficient (Wildman–Crippen LogP) is 4.91. The number of nitrogens with one attached hydrogen (secondary N) is 1. The number of alkyl halides is 3. The largest absolute Gasteiger partial charge is 0.418 e. The summed E-state index contributed by atoms with van der Waals surface area (Å²) < 4.78 is 39.0. The first-order chi connectivity index (χ1) is 10.7. The summed E-state index contributed by atoms with van der Waals surface area (Å²) >= 11 is 0. The van der Waals surface area contributed by atoms with Crippen molar-refractivity contribution in [1.29, 1.82) is 0 Å². The third kappa shape index (κ3) is 4.34. The summed E-state index contributed by atoms with van der Waals surface area (Å²) in [6.45, 7) is 3.43. The molecule has 0 saturated heterocycles. The van der Waals surface area contributed by atoms with E-state index in [1.165, 1.54) is 18.2 Å². The van der Waals surface area contributed by atoms with Crippen molar-refractivity contribution >= 4 is 11.6 Å². The van der Waals surface area contributed by atoms with Gasteiger partial charge in [0.05, 0.1) is 11.3 Å². The number of carbonyl (C=O) groups is 1. The first kappa shape index (κ1) is 17.1. The standard InChI is InChI=1S/C18H18F3NO/c1-17(2,12-13-8-4-3-5-9-13)16(23)22-15-11-7-6-10-14(15)18(19,20)21/h3-11H,12H2,1-2H3,(H,22,23). The molecule has 0 heterocycles. The van der Waals surface area contributed by atoms with Gasteiger partial charge < -0.3 is 5.32 Å². The molecule has 5 heteroatoms. The molecule has 0 aromatic heterocycles. The fraction of sp³-hybridized carbons (Fsp3) is 0.278. The van der Waals surface area contributed by atoms with E-state index in [4.69, 9.17) is 0 Å². The van der Waals surface area contributed by atoms with Crippen LogP contribution in [-0.2, 0) is 17.4 Å². The van der Waals surface area contributed by atoms with Crippen molar-refractivity contribution in [3.05, 3.63) is 65.7 Å². The second kappa shape index (κ2) is 6.44. The van der Waals surface area contributed by atoms with Gasteiger partial charge >= 0.3 is 6.18 Å². The normalized spacial score (nSPS) is 12.0. The minimum atomic E-state index is -4.51. The average molecular weight is 321 g/mol. The summed E-state index contributed by atoms with van der Waals surface area (Å²) in [5.41, 5.74) is -0.938. The van der Waals surface area contributed by atoms with E-state index in [2.05, 4.69) is 5.32 Å². The maximum Gasteiger partial charge on any atom is 0.418 e. The molecule has 1 amide bonds. The van der Waals surface area contributed by atoms with Crippen LogP contribution in [0.2, 0.25) is 0 Å². The summed E-state index contributed by atoms with van der Waals surface area (Å²) in [4.78, 5) is 12.4. The first-order valence-electron chi connectivity index (χ1n) is 7.22. The lowest BCUT2D eigenvalue weighted by Gasteiger charge is -2.25. The van der Waals surface area contributed by atoms with Crippen LogP contribution in [-0.4, -0.2) is 5.91 Å². The van der Waals surface area contributed by atoms with Crippen LogP contribution in [0, 0.1) is 5.41 Å². The third-order valence-electron chi connectivity index (χ3n) is 3.58. The molecule has 2 aromatic rings. The number of carbonyl (C=O) groups excluding carboxylic acids is 1. The smallest absolute Gasteiger partial charge is 0.325 e. The molecule has 0 saturated carbocycles. The Bertz CT molecular complexity index is 678. The van der Waals surface area contributed by atoms with Gasteiger partial charge in [-0.25, -0.2) is 0 Å². The molecule has 0 aliphatic rings. The van der Waals surface area contributed by atoms with Crippen molar-refractivity contribution < 1.29 is 18.0 Å². The Labute approximate surface area is 133 Å². The average Bonchev–Trinajstić information content (AvgIpc) is 2.47. The van der Waals surface area contributed by atoms with Gasteiger partial charge in [0.15, 0.2) is 0 Å². The molecule has 23 heavy (non-hydrogen) atoms. The second-order valence-electron chi connectivity index (χ2n) is 6.04. The molecule has 0 radical (unpaired) electrons. The molecule has 0 fully saturated rings. The summed E-state index contributed by atoms with van der Waals surface area (Å²) in [5.74, 6) is -0.446. The molecular formula is C18H18F3NO. The van der Waals surface area contributed by atoms with Crippen LogP contribution in [0.1, 0.15) is 25.0 Å². The van der Waals surface area contributed by atoms with Gasteiger partial charge in [-0.3, -0.25) is 4.79 Å². The highest BCUT2D eigenvalue weighted by atomic mass is 19.4. The molecule has 0 aliphatic heterocycles. The lowest BCUT2D eigenvalue weighted by molar-refractivity contribution is -0.137. The molecule has 2 rings (SSSR count). The number of hydrogen-bond donors (Lipinski definition) is 1. The lowest BCUT2D eigenvalue weighted by atomic mass is 9.84. The Balaban J connectivity index is 2.19. The maximum atomic E-state index is 13.0. The molecule has 1 N–H and O–H groups in total. The van der Waals surface area contributed by atoms with E-state index in [-0.39, 0.29) is 5.69 Å². The first-order valence-corrected chi connectivity index (χ1v) is 7.22. The molecule has 2 aromatic carbocycles. The van der Waals surface area contributed by atoms with Crippen LogP contribution in [0.25, 0.3) is 0 Å². The van der Waals surface area contributed by atoms with Gasteiger partial charge in [0.2, 0.25) is 5.91 Å². The molecule has 0 unspecified atom stereocenters. The zero-order valence-corrected chi connectivity index (χ0v) is 12.9. The third-order valence-corrected chi connectivity index (χ3v) is 3.58. The van der Waals surface area contributed by atoms with Crippen molar-refractivity contribution in [2.24, 2.45) is 5.41 Å². The molecule has 0 atom stereocenters. The van der Waals surface area contributed by atoms with Crippen LogP contribution in [0.5, 0.6) is 0 Å². The molecular weight excluding hydrogens is 303 g/mol. The van der Waals surface area contributed by atoms with Crippen molar-refractivity contribution in [3.8, 4) is 0 Å². The maximum absolute atomic E-state index is 13.0. The number of anilines is 1. The van der Waals surface area contributed by atoms with Crippen molar-refractivity contribution in [1.82, 2.24) is 0 Å². The van der Waals surface area contributed by atoms with Crippen LogP contribution < -0.4 is 5.32 Å². The van der Waals surface area contributed by atoms with Crippen LogP contribution in [0.15, 0.2) is 54.6 Å². The fourth-order valence-corrected chi connectivity index (χ4v) is 2.32. The van der Waals surface area contributed by atoms with Crippen molar-refractivity contribution in [2.45, 2.75) is 26.4 Å². The number of para-hydroxylation sites is 1. The number of halogens is 3. The number of rotatable bonds is 4. The van der Waals surface area contributed by atoms with Gasteiger partial charge in [0.25, 0.3) is 0 Å². The van der Waals surface area contributed by atoms with E-state index in [0.29, 0.717) is 6.42 Å². The Hall–Kier alpha value is -2.30. The minimum absolute atomic E-state index is 0.217. The summed E-state index contributed by atoms with van der Waals surface area (Å²) in [6.07, 6.45) is -4.07. The quantitative estimate of drug-likeness (QED) is 0.851. The van der Waals surface area contributed by atoms with Crippen LogP contribution in [0.4, 0.5) is 18.9 Å². The summed E-state index contributed by atoms with van der Waals surface area (Å²) in [6, 6.07) is 14.4. The highest BCUT2D eigenvalue weighted by Crippen LogP contribution is 2.35. The second-order valence-corrected chi connectivity index (χ2v) is 6.04. The lowest BCUT2D eigenvalue weighted by Crippen LogP contribution is -2.33. The highest BCUT2D eigenvalue weighted by Gasteiger charge is 2.35. The SMILES string of the molecule is CC(C)(Cc1ccccc1)C(=O)Nc1ccccc1C(F)(F)F. The van der Waals surface area contributed by atoms with Gasteiger partial charge in [0, 0.05) is 5.41 Å². The topological polar surface area (TPSA) is 29.1 Å². The molecule has 0 spiro atoms. The molecule has 0 bridgehead atoms. The number of benzene rings is 2. The Kier molecular flexibility index (Phi) is 4.78. The Morgan fingerprint density at radius 3 is 2.13 bits per heavy atom. The zero-order chi connectivity index (χ0) is 17.1. The van der Waals surface area contributed by atoms with Gasteiger partial charge in [-0.05, 0) is 24.1 Å². The van der Waals surface area contributed by atoms with Crippen molar-refractivity contribution in [3.63, 3.8) is 0 Å². The number of hydrogen-bond acceptors (Lipinski definition) is 1. The van der Waals surface area contributed by atoms with E-state index in [1.807, 2.05) is 30.3 Å². The Morgan fingerprint density at radius 2 is 1.52 bits per heavy atom. The molecule has 0 aliphatic carbocycles. The van der Waals surface area contributed by atoms with Crippen LogP contribution >= 0.6 is 0 Å². The zero-order valence-electron chi connectivity index (χ0n) is 12.9. The van der Waals surface area contributed by atoms with Gasteiger partial charge in [0.1, 0.15) is 0 Å². The molecule has 122 valence electrons. The summed E-state index contributed by atoms with van der Waals surface area (Å²) in [5, 5.41) is 2.42. The minimum Gasteiger partial charge on any atom is -0.325 e. The monoisotopic (exact) mass is 321 g/mol. The van der Waals surface area contributed by atoms with E-state index >= 15 is 0 Å². The van der Waals surface area contributed by atoms with E-state index in [9.17, 15) is 18.0 Å². The fourth-order valence-electron chi connectivity index (χ4n) is 2.32. The number of amides is 1.